The molecule has 0 fully saturated rings. The van der Waals surface area contributed by atoms with Gasteiger partial charge in [0.2, 0.25) is 5.95 Å². The summed E-state index contributed by atoms with van der Waals surface area (Å²) in [7, 11) is 0. The molecule has 0 unspecified atom stereocenters. The van der Waals surface area contributed by atoms with Crippen molar-refractivity contribution in [2.45, 2.75) is 32.7 Å². The first kappa shape index (κ1) is 20.6. The van der Waals surface area contributed by atoms with Crippen LogP contribution >= 0.6 is 35.4 Å². The fourth-order valence-electron chi connectivity index (χ4n) is 2.67. The van der Waals surface area contributed by atoms with E-state index in [0.717, 1.165) is 17.7 Å². The summed E-state index contributed by atoms with van der Waals surface area (Å²) in [6, 6.07) is 13.7. The van der Waals surface area contributed by atoms with E-state index in [1.165, 1.54) is 18.4 Å². The Bertz CT molecular complexity index is 920. The third kappa shape index (κ3) is 5.67. The molecule has 1 heterocycles. The standard InChI is InChI=1S/C20H21Cl2N5S/c1-2-3-5-14-8-10-15(11-9-14)24-20(28)25-19-23-13-27(26-19)12-16-17(21)6-4-7-18(16)22/h4,6-11,13H,2-3,5,12H2,1H3,(H2,24,25,26,28). The number of rotatable bonds is 7. The molecule has 5 nitrogen and oxygen atoms in total. The SMILES string of the molecule is CCCCc1ccc(NC(=S)Nc2ncn(Cc3c(Cl)cccc3Cl)n2)cc1. The summed E-state index contributed by atoms with van der Waals surface area (Å²) >= 11 is 17.8. The van der Waals surface area contributed by atoms with Crippen molar-refractivity contribution >= 4 is 52.2 Å². The van der Waals surface area contributed by atoms with Crippen molar-refractivity contribution in [3.63, 3.8) is 0 Å². The number of thiocarbonyl (C=S) groups is 1. The van der Waals surface area contributed by atoms with Crippen molar-refractivity contribution in [1.29, 1.82) is 0 Å². The molecule has 0 saturated carbocycles. The van der Waals surface area contributed by atoms with Gasteiger partial charge < -0.3 is 5.32 Å². The molecule has 3 aromatic rings. The molecule has 1 aromatic heterocycles. The Kier molecular flexibility index (Phi) is 7.25. The van der Waals surface area contributed by atoms with Gasteiger partial charge in [0.1, 0.15) is 6.33 Å². The van der Waals surface area contributed by atoms with Crippen molar-refractivity contribution in [2.24, 2.45) is 0 Å². The van der Waals surface area contributed by atoms with Crippen molar-refractivity contribution in [3.8, 4) is 0 Å². The van der Waals surface area contributed by atoms with E-state index in [9.17, 15) is 0 Å². The highest BCUT2D eigenvalue weighted by atomic mass is 35.5. The predicted molar refractivity (Wildman–Crippen MR) is 120 cm³/mol. The summed E-state index contributed by atoms with van der Waals surface area (Å²) in [5.74, 6) is 0.403. The number of unbranched alkanes of at least 4 members (excludes halogenated alkanes) is 1. The summed E-state index contributed by atoms with van der Waals surface area (Å²) < 4.78 is 1.65. The molecular weight excluding hydrogens is 413 g/mol. The zero-order valence-electron chi connectivity index (χ0n) is 15.5. The average molecular weight is 434 g/mol. The zero-order chi connectivity index (χ0) is 19.9. The minimum absolute atomic E-state index is 0.403. The van der Waals surface area contributed by atoms with E-state index in [4.69, 9.17) is 35.4 Å². The monoisotopic (exact) mass is 433 g/mol. The summed E-state index contributed by atoms with van der Waals surface area (Å²) in [6.07, 6.45) is 5.08. The Morgan fingerprint density at radius 3 is 2.46 bits per heavy atom. The third-order valence-corrected chi connectivity index (χ3v) is 5.09. The quantitative estimate of drug-likeness (QED) is 0.462. The van der Waals surface area contributed by atoms with Gasteiger partial charge in [0, 0.05) is 21.3 Å². The van der Waals surface area contributed by atoms with E-state index in [-0.39, 0.29) is 0 Å². The van der Waals surface area contributed by atoms with E-state index in [1.807, 2.05) is 18.2 Å². The number of halogens is 2. The van der Waals surface area contributed by atoms with E-state index >= 15 is 0 Å². The molecule has 8 heteroatoms. The lowest BCUT2D eigenvalue weighted by Crippen LogP contribution is -2.20. The largest absolute Gasteiger partial charge is 0.332 e. The van der Waals surface area contributed by atoms with Crippen molar-refractivity contribution < 1.29 is 0 Å². The second-order valence-corrected chi connectivity index (χ2v) is 7.57. The summed E-state index contributed by atoms with van der Waals surface area (Å²) in [5, 5.41) is 12.1. The first-order valence-electron chi connectivity index (χ1n) is 9.04. The van der Waals surface area contributed by atoms with Crippen LogP contribution in [0.4, 0.5) is 11.6 Å². The van der Waals surface area contributed by atoms with Gasteiger partial charge in [0.15, 0.2) is 5.11 Å². The van der Waals surface area contributed by atoms with Crippen LogP contribution in [0.1, 0.15) is 30.9 Å². The predicted octanol–water partition coefficient (Wildman–Crippen LogP) is 5.78. The van der Waals surface area contributed by atoms with Crippen molar-refractivity contribution in [3.05, 3.63) is 70.0 Å². The van der Waals surface area contributed by atoms with E-state index in [1.54, 1.807) is 23.1 Å². The molecule has 2 N–H and O–H groups in total. The molecule has 3 rings (SSSR count). The summed E-state index contributed by atoms with van der Waals surface area (Å²) in [5.41, 5.74) is 3.04. The van der Waals surface area contributed by atoms with Crippen LogP contribution in [0.3, 0.4) is 0 Å². The highest BCUT2D eigenvalue weighted by Crippen LogP contribution is 2.25. The normalized spacial score (nSPS) is 10.7. The molecule has 0 amide bonds. The Hall–Kier alpha value is -2.15. The maximum Gasteiger partial charge on any atom is 0.248 e. The molecule has 28 heavy (non-hydrogen) atoms. The lowest BCUT2D eigenvalue weighted by atomic mass is 10.1. The second kappa shape index (κ2) is 9.87. The molecule has 0 aliphatic heterocycles. The van der Waals surface area contributed by atoms with Crippen molar-refractivity contribution in [2.75, 3.05) is 10.6 Å². The molecule has 0 bridgehead atoms. The fraction of sp³-hybridized carbons (Fsp3) is 0.250. The minimum atomic E-state index is 0.403. The van der Waals surface area contributed by atoms with Crippen LogP contribution in [0.2, 0.25) is 10.0 Å². The van der Waals surface area contributed by atoms with Gasteiger partial charge in [0.05, 0.1) is 6.54 Å². The number of hydrogen-bond acceptors (Lipinski definition) is 3. The molecule has 0 radical (unpaired) electrons. The van der Waals surface area contributed by atoms with Crippen LogP contribution in [0.5, 0.6) is 0 Å². The number of aromatic nitrogens is 3. The first-order valence-corrected chi connectivity index (χ1v) is 10.2. The highest BCUT2D eigenvalue weighted by Gasteiger charge is 2.09. The van der Waals surface area contributed by atoms with E-state index in [2.05, 4.69) is 39.8 Å². The number of hydrogen-bond donors (Lipinski definition) is 2. The van der Waals surface area contributed by atoms with E-state index < -0.39 is 0 Å². The van der Waals surface area contributed by atoms with Gasteiger partial charge in [0.25, 0.3) is 0 Å². The van der Waals surface area contributed by atoms with Gasteiger partial charge in [-0.15, -0.1) is 5.10 Å². The Balaban J connectivity index is 1.56. The number of benzene rings is 2. The van der Waals surface area contributed by atoms with Crippen LogP contribution in [0.15, 0.2) is 48.8 Å². The van der Waals surface area contributed by atoms with Gasteiger partial charge in [-0.25, -0.2) is 9.67 Å². The van der Waals surface area contributed by atoms with Gasteiger partial charge in [-0.1, -0.05) is 54.7 Å². The Morgan fingerprint density at radius 1 is 1.07 bits per heavy atom. The summed E-state index contributed by atoms with van der Waals surface area (Å²) in [6.45, 7) is 2.62. The van der Waals surface area contributed by atoms with Gasteiger partial charge >= 0.3 is 0 Å². The van der Waals surface area contributed by atoms with Gasteiger partial charge in [-0.05, 0) is 54.9 Å². The average Bonchev–Trinajstić information content (AvgIpc) is 3.11. The number of nitrogens with one attached hydrogen (secondary N) is 2. The van der Waals surface area contributed by atoms with Crippen LogP contribution in [-0.2, 0) is 13.0 Å². The number of nitrogens with zero attached hydrogens (tertiary/aromatic N) is 3. The van der Waals surface area contributed by atoms with Gasteiger partial charge in [-0.3, -0.25) is 5.32 Å². The lowest BCUT2D eigenvalue weighted by molar-refractivity contribution is 0.687. The first-order chi connectivity index (χ1) is 13.5. The van der Waals surface area contributed by atoms with Crippen LogP contribution < -0.4 is 10.6 Å². The molecule has 0 spiro atoms. The Morgan fingerprint density at radius 2 is 1.79 bits per heavy atom. The zero-order valence-corrected chi connectivity index (χ0v) is 17.8. The van der Waals surface area contributed by atoms with Crippen LogP contribution in [-0.4, -0.2) is 19.9 Å². The van der Waals surface area contributed by atoms with E-state index in [0.29, 0.717) is 27.7 Å². The minimum Gasteiger partial charge on any atom is -0.332 e. The van der Waals surface area contributed by atoms with Crippen molar-refractivity contribution in [1.82, 2.24) is 14.8 Å². The van der Waals surface area contributed by atoms with Crippen LogP contribution in [0, 0.1) is 0 Å². The number of aryl methyl sites for hydroxylation is 1. The molecule has 0 atom stereocenters. The fourth-order valence-corrected chi connectivity index (χ4v) is 3.40. The molecule has 0 saturated heterocycles. The van der Waals surface area contributed by atoms with Gasteiger partial charge in [-0.2, -0.15) is 0 Å². The second-order valence-electron chi connectivity index (χ2n) is 6.35. The molecule has 0 aliphatic carbocycles. The molecule has 0 aliphatic rings. The third-order valence-electron chi connectivity index (χ3n) is 4.17. The topological polar surface area (TPSA) is 54.8 Å². The lowest BCUT2D eigenvalue weighted by Gasteiger charge is -2.09. The highest BCUT2D eigenvalue weighted by molar-refractivity contribution is 7.80. The number of anilines is 2. The summed E-state index contributed by atoms with van der Waals surface area (Å²) in [4.78, 5) is 4.23. The maximum absolute atomic E-state index is 6.21. The molecular formula is C20H21Cl2N5S. The van der Waals surface area contributed by atoms with Crippen LogP contribution in [0.25, 0.3) is 0 Å². The maximum atomic E-state index is 6.21. The smallest absolute Gasteiger partial charge is 0.248 e. The molecule has 2 aromatic carbocycles. The molecule has 146 valence electrons. The Labute approximate surface area is 180 Å².